The smallest absolute Gasteiger partial charge is 0.225 e. The number of piperidine rings is 1. The van der Waals surface area contributed by atoms with Gasteiger partial charge in [-0.3, -0.25) is 9.97 Å². The van der Waals surface area contributed by atoms with Gasteiger partial charge in [0, 0.05) is 42.8 Å². The fourth-order valence-electron chi connectivity index (χ4n) is 3.81. The molecule has 6 nitrogen and oxygen atoms in total. The van der Waals surface area contributed by atoms with Gasteiger partial charge >= 0.3 is 0 Å². The molecule has 0 bridgehead atoms. The highest BCUT2D eigenvalue weighted by atomic mass is 16.3. The van der Waals surface area contributed by atoms with E-state index in [9.17, 15) is 0 Å². The van der Waals surface area contributed by atoms with Crippen molar-refractivity contribution in [3.05, 3.63) is 42.9 Å². The lowest BCUT2D eigenvalue weighted by atomic mass is 9.92. The van der Waals surface area contributed by atoms with E-state index in [1.807, 2.05) is 19.2 Å². The standard InChI is InChI=1S/C20H23N5O/c1-13-8-14(2)12-25(11-13)20-23-9-17(18-10-21-5-6-22-18)19(24-20)16-4-7-26-15(16)3/h4-7,9-10,13-14H,8,11-12H2,1-3H3/t13-,14+. The van der Waals surface area contributed by atoms with Crippen LogP contribution in [-0.2, 0) is 0 Å². The number of rotatable bonds is 3. The van der Waals surface area contributed by atoms with Crippen molar-refractivity contribution >= 4 is 5.95 Å². The molecule has 0 unspecified atom stereocenters. The Morgan fingerprint density at radius 1 is 1.04 bits per heavy atom. The molecular formula is C20H23N5O. The first kappa shape index (κ1) is 16.7. The highest BCUT2D eigenvalue weighted by molar-refractivity contribution is 5.79. The van der Waals surface area contributed by atoms with E-state index in [1.165, 1.54) is 6.42 Å². The number of hydrogen-bond acceptors (Lipinski definition) is 6. The minimum absolute atomic E-state index is 0.640. The molecule has 134 valence electrons. The second-order valence-corrected chi connectivity index (χ2v) is 7.26. The zero-order chi connectivity index (χ0) is 18.1. The van der Waals surface area contributed by atoms with E-state index in [0.29, 0.717) is 11.8 Å². The second kappa shape index (κ2) is 6.86. The van der Waals surface area contributed by atoms with E-state index in [2.05, 4.69) is 33.7 Å². The number of furan rings is 1. The normalized spacial score (nSPS) is 20.3. The first-order valence-corrected chi connectivity index (χ1v) is 9.04. The minimum Gasteiger partial charge on any atom is -0.469 e. The van der Waals surface area contributed by atoms with Crippen LogP contribution >= 0.6 is 0 Å². The van der Waals surface area contributed by atoms with Gasteiger partial charge in [0.15, 0.2) is 0 Å². The quantitative estimate of drug-likeness (QED) is 0.712. The Balaban J connectivity index is 1.81. The van der Waals surface area contributed by atoms with Crippen LogP contribution in [0.1, 0.15) is 26.0 Å². The van der Waals surface area contributed by atoms with Crippen LogP contribution in [0.2, 0.25) is 0 Å². The van der Waals surface area contributed by atoms with Gasteiger partial charge in [0.2, 0.25) is 5.95 Å². The van der Waals surface area contributed by atoms with Crippen molar-refractivity contribution in [2.24, 2.45) is 11.8 Å². The summed E-state index contributed by atoms with van der Waals surface area (Å²) in [5, 5.41) is 0. The van der Waals surface area contributed by atoms with E-state index in [1.54, 1.807) is 24.9 Å². The van der Waals surface area contributed by atoms with Crippen molar-refractivity contribution < 1.29 is 4.42 Å². The predicted molar refractivity (Wildman–Crippen MR) is 101 cm³/mol. The summed E-state index contributed by atoms with van der Waals surface area (Å²) in [5.41, 5.74) is 3.43. The monoisotopic (exact) mass is 349 g/mol. The Morgan fingerprint density at radius 2 is 1.85 bits per heavy atom. The molecular weight excluding hydrogens is 326 g/mol. The van der Waals surface area contributed by atoms with E-state index >= 15 is 0 Å². The van der Waals surface area contributed by atoms with Gasteiger partial charge < -0.3 is 9.32 Å². The number of hydrogen-bond donors (Lipinski definition) is 0. The summed E-state index contributed by atoms with van der Waals surface area (Å²) in [6.07, 6.45) is 9.89. The van der Waals surface area contributed by atoms with Crippen molar-refractivity contribution in [3.63, 3.8) is 0 Å². The van der Waals surface area contributed by atoms with Crippen LogP contribution in [0.4, 0.5) is 5.95 Å². The van der Waals surface area contributed by atoms with Crippen molar-refractivity contribution in [2.75, 3.05) is 18.0 Å². The number of nitrogens with zero attached hydrogens (tertiary/aromatic N) is 5. The van der Waals surface area contributed by atoms with Gasteiger partial charge in [0.05, 0.1) is 23.8 Å². The summed E-state index contributed by atoms with van der Waals surface area (Å²) in [4.78, 5) is 20.5. The second-order valence-electron chi connectivity index (χ2n) is 7.26. The van der Waals surface area contributed by atoms with Gasteiger partial charge in [-0.25, -0.2) is 9.97 Å². The zero-order valence-electron chi connectivity index (χ0n) is 15.4. The highest BCUT2D eigenvalue weighted by Gasteiger charge is 2.25. The molecule has 3 aromatic heterocycles. The number of anilines is 1. The Kier molecular flexibility index (Phi) is 4.41. The lowest BCUT2D eigenvalue weighted by Gasteiger charge is -2.35. The lowest BCUT2D eigenvalue weighted by molar-refractivity contribution is 0.353. The lowest BCUT2D eigenvalue weighted by Crippen LogP contribution is -2.39. The molecule has 0 spiro atoms. The van der Waals surface area contributed by atoms with E-state index in [4.69, 9.17) is 9.40 Å². The Morgan fingerprint density at radius 3 is 2.50 bits per heavy atom. The Bertz CT molecular complexity index is 882. The molecule has 1 fully saturated rings. The molecule has 0 aromatic carbocycles. The topological polar surface area (TPSA) is 67.9 Å². The summed E-state index contributed by atoms with van der Waals surface area (Å²) < 4.78 is 5.52. The number of aryl methyl sites for hydroxylation is 1. The molecule has 26 heavy (non-hydrogen) atoms. The van der Waals surface area contributed by atoms with Gasteiger partial charge in [-0.05, 0) is 31.2 Å². The maximum absolute atomic E-state index is 5.52. The summed E-state index contributed by atoms with van der Waals surface area (Å²) >= 11 is 0. The fraction of sp³-hybridized carbons (Fsp3) is 0.400. The molecule has 4 heterocycles. The minimum atomic E-state index is 0.640. The first-order chi connectivity index (χ1) is 12.6. The molecule has 2 atom stereocenters. The SMILES string of the molecule is Cc1occc1-c1nc(N2C[C@H](C)C[C@H](C)C2)ncc1-c1cnccn1. The van der Waals surface area contributed by atoms with Crippen molar-refractivity contribution in [1.29, 1.82) is 0 Å². The van der Waals surface area contributed by atoms with E-state index in [-0.39, 0.29) is 0 Å². The molecule has 1 aliphatic rings. The van der Waals surface area contributed by atoms with Crippen molar-refractivity contribution in [2.45, 2.75) is 27.2 Å². The van der Waals surface area contributed by atoms with Gasteiger partial charge in [-0.15, -0.1) is 0 Å². The van der Waals surface area contributed by atoms with Crippen LogP contribution in [0.5, 0.6) is 0 Å². The Hall–Kier alpha value is -2.76. The van der Waals surface area contributed by atoms with Crippen LogP contribution in [0.15, 0.2) is 41.5 Å². The maximum Gasteiger partial charge on any atom is 0.225 e. The average molecular weight is 349 g/mol. The molecule has 4 rings (SSSR count). The van der Waals surface area contributed by atoms with E-state index in [0.717, 1.165) is 47.3 Å². The number of aromatic nitrogens is 4. The van der Waals surface area contributed by atoms with Crippen LogP contribution in [0.25, 0.3) is 22.5 Å². The van der Waals surface area contributed by atoms with Gasteiger partial charge in [-0.2, -0.15) is 0 Å². The van der Waals surface area contributed by atoms with Crippen molar-refractivity contribution in [3.8, 4) is 22.5 Å². The molecule has 0 saturated carbocycles. The average Bonchev–Trinajstić information content (AvgIpc) is 3.07. The van der Waals surface area contributed by atoms with Gasteiger partial charge in [0.1, 0.15) is 5.76 Å². The molecule has 3 aromatic rings. The van der Waals surface area contributed by atoms with Crippen LogP contribution < -0.4 is 4.90 Å². The highest BCUT2D eigenvalue weighted by Crippen LogP contribution is 2.33. The molecule has 0 radical (unpaired) electrons. The predicted octanol–water partition coefficient (Wildman–Crippen LogP) is 3.98. The molecule has 0 amide bonds. The first-order valence-electron chi connectivity index (χ1n) is 9.04. The van der Waals surface area contributed by atoms with Gasteiger partial charge in [0.25, 0.3) is 0 Å². The third-order valence-corrected chi connectivity index (χ3v) is 4.88. The largest absolute Gasteiger partial charge is 0.469 e. The summed E-state index contributed by atoms with van der Waals surface area (Å²) in [6, 6.07) is 1.95. The van der Waals surface area contributed by atoms with E-state index < -0.39 is 0 Å². The summed E-state index contributed by atoms with van der Waals surface area (Å²) in [6.45, 7) is 8.50. The third kappa shape index (κ3) is 3.19. The molecule has 1 saturated heterocycles. The zero-order valence-corrected chi connectivity index (χ0v) is 15.4. The summed E-state index contributed by atoms with van der Waals surface area (Å²) in [5.74, 6) is 2.88. The summed E-state index contributed by atoms with van der Waals surface area (Å²) in [7, 11) is 0. The molecule has 0 aliphatic carbocycles. The Labute approximate surface area is 153 Å². The fourth-order valence-corrected chi connectivity index (χ4v) is 3.81. The van der Waals surface area contributed by atoms with Crippen LogP contribution in [-0.4, -0.2) is 33.0 Å². The van der Waals surface area contributed by atoms with Crippen LogP contribution in [0, 0.1) is 18.8 Å². The van der Waals surface area contributed by atoms with Crippen LogP contribution in [0.3, 0.4) is 0 Å². The molecule has 6 heteroatoms. The van der Waals surface area contributed by atoms with Crippen molar-refractivity contribution in [1.82, 2.24) is 19.9 Å². The third-order valence-electron chi connectivity index (χ3n) is 4.88. The molecule has 0 N–H and O–H groups in total. The maximum atomic E-state index is 5.52. The van der Waals surface area contributed by atoms with Gasteiger partial charge in [-0.1, -0.05) is 13.8 Å². The molecule has 1 aliphatic heterocycles.